The standard InChI is InChI=1S/C33H29NO5/c1-38-23-14-10-11-21(19-23)31(36)29-28(35)20-34(30(29)32(37)39-2)33(22-12-4-3-5-13-22)26-17-8-6-15-24(26)25-16-7-9-18-27(25)33/h3-19,29-31,36H,20H2,1-2H3/t29-,30-,31+/m0/s1. The summed E-state index contributed by atoms with van der Waals surface area (Å²) in [6, 6.07) is 32.1. The maximum Gasteiger partial charge on any atom is 0.324 e. The Hall–Kier alpha value is -4.26. The fourth-order valence-corrected chi connectivity index (χ4v) is 6.52. The van der Waals surface area contributed by atoms with Crippen LogP contribution in [-0.4, -0.2) is 48.6 Å². The van der Waals surface area contributed by atoms with E-state index in [1.165, 1.54) is 7.11 Å². The number of hydrogen-bond donors (Lipinski definition) is 1. The van der Waals surface area contributed by atoms with Gasteiger partial charge in [0.25, 0.3) is 0 Å². The molecular formula is C33H29NO5. The number of fused-ring (bicyclic) bond motifs is 3. The number of esters is 1. The van der Waals surface area contributed by atoms with Crippen molar-refractivity contribution >= 4 is 11.8 Å². The summed E-state index contributed by atoms with van der Waals surface area (Å²) >= 11 is 0. The number of methoxy groups -OCH3 is 2. The summed E-state index contributed by atoms with van der Waals surface area (Å²) < 4.78 is 10.7. The molecule has 39 heavy (non-hydrogen) atoms. The van der Waals surface area contributed by atoms with Crippen molar-refractivity contribution in [1.29, 1.82) is 0 Å². The van der Waals surface area contributed by atoms with Gasteiger partial charge < -0.3 is 14.6 Å². The van der Waals surface area contributed by atoms with Gasteiger partial charge in [-0.2, -0.15) is 0 Å². The minimum atomic E-state index is -1.23. The molecule has 0 spiro atoms. The van der Waals surface area contributed by atoms with Crippen LogP contribution in [0.2, 0.25) is 0 Å². The Bertz CT molecular complexity index is 1500. The van der Waals surface area contributed by atoms with E-state index in [1.54, 1.807) is 31.4 Å². The average molecular weight is 520 g/mol. The number of likely N-dealkylation sites (tertiary alicyclic amines) is 1. The lowest BCUT2D eigenvalue weighted by Crippen LogP contribution is -2.54. The molecule has 2 aliphatic rings. The van der Waals surface area contributed by atoms with Crippen LogP contribution in [0, 0.1) is 5.92 Å². The van der Waals surface area contributed by atoms with E-state index in [1.807, 2.05) is 59.5 Å². The number of Topliss-reactive ketones (excluding diaryl/α,β-unsaturated/α-hetero) is 1. The van der Waals surface area contributed by atoms with E-state index in [0.29, 0.717) is 11.3 Å². The van der Waals surface area contributed by atoms with Gasteiger partial charge >= 0.3 is 5.97 Å². The van der Waals surface area contributed by atoms with Gasteiger partial charge in [-0.1, -0.05) is 91.0 Å². The fraction of sp³-hybridized carbons (Fsp3) is 0.212. The van der Waals surface area contributed by atoms with Crippen molar-refractivity contribution in [3.05, 3.63) is 125 Å². The Kier molecular flexibility index (Phi) is 6.29. The molecule has 1 saturated heterocycles. The van der Waals surface area contributed by atoms with Gasteiger partial charge in [-0.05, 0) is 45.5 Å². The van der Waals surface area contributed by atoms with Crippen LogP contribution in [0.4, 0.5) is 0 Å². The predicted octanol–water partition coefficient (Wildman–Crippen LogP) is 4.74. The Morgan fingerprint density at radius 3 is 2.10 bits per heavy atom. The van der Waals surface area contributed by atoms with Gasteiger partial charge in [-0.15, -0.1) is 0 Å². The first-order valence-corrected chi connectivity index (χ1v) is 13.0. The quantitative estimate of drug-likeness (QED) is 0.371. The van der Waals surface area contributed by atoms with Crippen LogP contribution in [0.15, 0.2) is 103 Å². The minimum absolute atomic E-state index is 0.0387. The Morgan fingerprint density at radius 1 is 0.872 bits per heavy atom. The van der Waals surface area contributed by atoms with Gasteiger partial charge in [-0.25, -0.2) is 0 Å². The van der Waals surface area contributed by atoms with Crippen molar-refractivity contribution in [1.82, 2.24) is 4.90 Å². The van der Waals surface area contributed by atoms with Crippen LogP contribution < -0.4 is 4.74 Å². The summed E-state index contributed by atoms with van der Waals surface area (Å²) in [6.07, 6.45) is -1.23. The number of ether oxygens (including phenoxy) is 2. The van der Waals surface area contributed by atoms with Crippen molar-refractivity contribution in [2.45, 2.75) is 17.7 Å². The zero-order chi connectivity index (χ0) is 27.1. The molecule has 1 N–H and O–H groups in total. The van der Waals surface area contributed by atoms with Crippen molar-refractivity contribution in [2.24, 2.45) is 5.92 Å². The number of aliphatic hydroxyl groups is 1. The summed E-state index contributed by atoms with van der Waals surface area (Å²) in [5, 5.41) is 11.6. The molecule has 3 atom stereocenters. The summed E-state index contributed by atoms with van der Waals surface area (Å²) in [5.74, 6) is -1.27. The second kappa shape index (κ2) is 9.80. The van der Waals surface area contributed by atoms with E-state index in [4.69, 9.17) is 9.47 Å². The Morgan fingerprint density at radius 2 is 1.49 bits per heavy atom. The normalized spacial score (nSPS) is 20.2. The van der Waals surface area contributed by atoms with Crippen LogP contribution >= 0.6 is 0 Å². The number of aliphatic hydroxyl groups excluding tert-OH is 1. The lowest BCUT2D eigenvalue weighted by Gasteiger charge is -2.44. The number of hydrogen-bond acceptors (Lipinski definition) is 6. The molecule has 4 aromatic carbocycles. The molecule has 1 fully saturated rings. The van der Waals surface area contributed by atoms with Gasteiger partial charge in [-0.3, -0.25) is 14.5 Å². The topological polar surface area (TPSA) is 76.1 Å². The van der Waals surface area contributed by atoms with E-state index in [9.17, 15) is 14.7 Å². The third kappa shape index (κ3) is 3.71. The molecular weight excluding hydrogens is 490 g/mol. The summed E-state index contributed by atoms with van der Waals surface area (Å²) in [7, 11) is 2.87. The zero-order valence-corrected chi connectivity index (χ0v) is 21.8. The first-order chi connectivity index (χ1) is 19.0. The molecule has 0 unspecified atom stereocenters. The summed E-state index contributed by atoms with van der Waals surface area (Å²) in [6.45, 7) is -0.0387. The molecule has 0 radical (unpaired) electrons. The van der Waals surface area contributed by atoms with Crippen LogP contribution in [-0.2, 0) is 19.9 Å². The molecule has 0 bridgehead atoms. The largest absolute Gasteiger partial charge is 0.497 e. The molecule has 0 saturated carbocycles. The fourth-order valence-electron chi connectivity index (χ4n) is 6.52. The lowest BCUT2D eigenvalue weighted by atomic mass is 9.78. The summed E-state index contributed by atoms with van der Waals surface area (Å²) in [5.41, 5.74) is 4.54. The number of benzene rings is 4. The molecule has 6 nitrogen and oxygen atoms in total. The lowest BCUT2D eigenvalue weighted by molar-refractivity contribution is -0.151. The average Bonchev–Trinajstić information content (AvgIpc) is 3.49. The van der Waals surface area contributed by atoms with Gasteiger partial charge in [0, 0.05) is 0 Å². The minimum Gasteiger partial charge on any atom is -0.497 e. The third-order valence-electron chi connectivity index (χ3n) is 8.14. The Labute approximate surface area is 227 Å². The van der Waals surface area contributed by atoms with E-state index >= 15 is 0 Å². The molecule has 1 aliphatic heterocycles. The van der Waals surface area contributed by atoms with Crippen molar-refractivity contribution < 1.29 is 24.2 Å². The molecule has 1 aliphatic carbocycles. The molecule has 0 amide bonds. The molecule has 6 rings (SSSR count). The molecule has 0 aromatic heterocycles. The van der Waals surface area contributed by atoms with E-state index in [2.05, 4.69) is 24.3 Å². The van der Waals surface area contributed by atoms with Crippen LogP contribution in [0.25, 0.3) is 11.1 Å². The highest BCUT2D eigenvalue weighted by Gasteiger charge is 2.60. The maximum atomic E-state index is 13.9. The SMILES string of the molecule is COC(=O)[C@@H]1[C@@H]([C@H](O)c2cccc(OC)c2)C(=O)CN1C1(c2ccccc2)c2ccccc2-c2ccccc21. The number of rotatable bonds is 6. The second-order valence-corrected chi connectivity index (χ2v) is 9.98. The van der Waals surface area contributed by atoms with Crippen LogP contribution in [0.1, 0.15) is 28.4 Å². The van der Waals surface area contributed by atoms with E-state index in [0.717, 1.165) is 27.8 Å². The zero-order valence-electron chi connectivity index (χ0n) is 21.8. The first-order valence-electron chi connectivity index (χ1n) is 13.0. The van der Waals surface area contributed by atoms with E-state index < -0.39 is 29.6 Å². The molecule has 4 aromatic rings. The van der Waals surface area contributed by atoms with Gasteiger partial charge in [0.05, 0.1) is 38.3 Å². The third-order valence-corrected chi connectivity index (χ3v) is 8.14. The highest BCUT2D eigenvalue weighted by molar-refractivity contribution is 5.95. The number of carbonyl (C=O) groups excluding carboxylic acids is 2. The van der Waals surface area contributed by atoms with Crippen LogP contribution in [0.3, 0.4) is 0 Å². The van der Waals surface area contributed by atoms with Gasteiger partial charge in [0.1, 0.15) is 11.8 Å². The second-order valence-electron chi connectivity index (χ2n) is 9.98. The number of ketones is 1. The smallest absolute Gasteiger partial charge is 0.324 e. The first kappa shape index (κ1) is 25.0. The monoisotopic (exact) mass is 519 g/mol. The number of nitrogens with zero attached hydrogens (tertiary/aromatic N) is 1. The summed E-state index contributed by atoms with van der Waals surface area (Å²) in [4.78, 5) is 29.5. The highest BCUT2D eigenvalue weighted by Crippen LogP contribution is 2.56. The number of carbonyl (C=O) groups is 2. The maximum absolute atomic E-state index is 13.9. The molecule has 1 heterocycles. The van der Waals surface area contributed by atoms with Crippen molar-refractivity contribution in [3.8, 4) is 16.9 Å². The van der Waals surface area contributed by atoms with Crippen molar-refractivity contribution in [3.63, 3.8) is 0 Å². The molecule has 196 valence electrons. The van der Waals surface area contributed by atoms with Gasteiger partial charge in [0.2, 0.25) is 0 Å². The van der Waals surface area contributed by atoms with Gasteiger partial charge in [0.15, 0.2) is 5.78 Å². The highest BCUT2D eigenvalue weighted by atomic mass is 16.5. The predicted molar refractivity (Wildman–Crippen MR) is 147 cm³/mol. The van der Waals surface area contributed by atoms with Crippen molar-refractivity contribution in [2.75, 3.05) is 20.8 Å². The van der Waals surface area contributed by atoms with Crippen LogP contribution in [0.5, 0.6) is 5.75 Å². The van der Waals surface area contributed by atoms with E-state index in [-0.39, 0.29) is 12.3 Å². The Balaban J connectivity index is 1.60. The molecule has 6 heteroatoms.